The largest absolute Gasteiger partial charge is 0.325 e. The van der Waals surface area contributed by atoms with Crippen LogP contribution >= 0.6 is 0 Å². The quantitative estimate of drug-likeness (QED) is 0.614. The molecule has 0 bridgehead atoms. The van der Waals surface area contributed by atoms with Crippen molar-refractivity contribution in [2.24, 2.45) is 0 Å². The average Bonchev–Trinajstić information content (AvgIpc) is 2.98. The Morgan fingerprint density at radius 3 is 2.29 bits per heavy atom. The number of aryl methyl sites for hydroxylation is 1. The van der Waals surface area contributed by atoms with Crippen LogP contribution in [0.1, 0.15) is 63.1 Å². The van der Waals surface area contributed by atoms with Gasteiger partial charge in [-0.15, -0.1) is 0 Å². The summed E-state index contributed by atoms with van der Waals surface area (Å²) in [7, 11) is 0. The molecule has 0 unspecified atom stereocenters. The second-order valence-electron chi connectivity index (χ2n) is 8.37. The zero-order valence-electron chi connectivity index (χ0n) is 18.7. The maximum Gasteiger partial charge on any atom is 0.325 e. The number of anilines is 1. The molecule has 2 aromatic carbocycles. The standard InChI is InChI=1S/C25H31N3O3/c1-5-7-18-8-12-20(13-9-18)25(4)23(30)28(24(31)27-25)16-22(29)26-21-14-10-19(11-15-21)17(3)6-2/h8-15,17H,5-7,16H2,1-4H3,(H,26,29)(H,27,31)/t17-,25-/m1/s1. The Bertz CT molecular complexity index is 953. The lowest BCUT2D eigenvalue weighted by Gasteiger charge is -2.22. The first-order chi connectivity index (χ1) is 14.8. The van der Waals surface area contributed by atoms with Gasteiger partial charge in [-0.3, -0.25) is 14.5 Å². The van der Waals surface area contributed by atoms with E-state index in [0.29, 0.717) is 17.2 Å². The van der Waals surface area contributed by atoms with E-state index in [2.05, 4.69) is 31.4 Å². The van der Waals surface area contributed by atoms with Crippen LogP contribution in [-0.4, -0.2) is 29.3 Å². The fourth-order valence-electron chi connectivity index (χ4n) is 3.80. The van der Waals surface area contributed by atoms with Gasteiger partial charge in [0.2, 0.25) is 5.91 Å². The van der Waals surface area contributed by atoms with Gasteiger partial charge in [-0.1, -0.05) is 63.6 Å². The van der Waals surface area contributed by atoms with Crippen molar-refractivity contribution in [2.75, 3.05) is 11.9 Å². The van der Waals surface area contributed by atoms with Crippen LogP contribution in [-0.2, 0) is 21.5 Å². The zero-order chi connectivity index (χ0) is 22.6. The fourth-order valence-corrected chi connectivity index (χ4v) is 3.80. The number of benzene rings is 2. The third kappa shape index (κ3) is 4.79. The van der Waals surface area contributed by atoms with Crippen molar-refractivity contribution in [3.8, 4) is 0 Å². The molecule has 0 radical (unpaired) electrons. The third-order valence-corrected chi connectivity index (χ3v) is 6.02. The van der Waals surface area contributed by atoms with E-state index in [0.717, 1.165) is 24.2 Å². The zero-order valence-corrected chi connectivity index (χ0v) is 18.7. The summed E-state index contributed by atoms with van der Waals surface area (Å²) in [5.41, 5.74) is 2.55. The highest BCUT2D eigenvalue weighted by molar-refractivity contribution is 6.10. The monoisotopic (exact) mass is 421 g/mol. The number of urea groups is 1. The number of nitrogens with zero attached hydrogens (tertiary/aromatic N) is 1. The molecule has 1 saturated heterocycles. The number of hydrogen-bond donors (Lipinski definition) is 2. The van der Waals surface area contributed by atoms with Crippen LogP contribution in [0, 0.1) is 0 Å². The minimum Gasteiger partial charge on any atom is -0.325 e. The summed E-state index contributed by atoms with van der Waals surface area (Å²) in [5, 5.41) is 5.52. The highest BCUT2D eigenvalue weighted by Crippen LogP contribution is 2.29. The van der Waals surface area contributed by atoms with Crippen LogP contribution in [0.3, 0.4) is 0 Å². The number of amides is 4. The topological polar surface area (TPSA) is 78.5 Å². The summed E-state index contributed by atoms with van der Waals surface area (Å²) in [6, 6.07) is 14.8. The molecule has 1 fully saturated rings. The molecular formula is C25H31N3O3. The SMILES string of the molecule is CCCc1ccc([C@@]2(C)NC(=O)N(CC(=O)Nc3ccc([C@H](C)CC)cc3)C2=O)cc1. The number of hydrogen-bond acceptors (Lipinski definition) is 3. The molecule has 2 atom stereocenters. The number of imide groups is 1. The lowest BCUT2D eigenvalue weighted by Crippen LogP contribution is -2.42. The van der Waals surface area contributed by atoms with Crippen molar-refractivity contribution in [2.45, 2.75) is 58.4 Å². The smallest absolute Gasteiger partial charge is 0.325 e. The van der Waals surface area contributed by atoms with E-state index in [4.69, 9.17) is 0 Å². The Kier molecular flexibility index (Phi) is 6.78. The van der Waals surface area contributed by atoms with Crippen LogP contribution in [0.5, 0.6) is 0 Å². The first-order valence-corrected chi connectivity index (χ1v) is 10.9. The second-order valence-corrected chi connectivity index (χ2v) is 8.37. The van der Waals surface area contributed by atoms with E-state index in [1.807, 2.05) is 48.5 Å². The summed E-state index contributed by atoms with van der Waals surface area (Å²) >= 11 is 0. The molecule has 0 saturated carbocycles. The number of nitrogens with one attached hydrogen (secondary N) is 2. The molecule has 1 aliphatic heterocycles. The maximum atomic E-state index is 13.1. The number of carbonyl (C=O) groups is 3. The Morgan fingerprint density at radius 2 is 1.71 bits per heavy atom. The lowest BCUT2D eigenvalue weighted by atomic mass is 9.91. The van der Waals surface area contributed by atoms with Crippen molar-refractivity contribution in [3.05, 3.63) is 65.2 Å². The van der Waals surface area contributed by atoms with Gasteiger partial charge < -0.3 is 10.6 Å². The summed E-state index contributed by atoms with van der Waals surface area (Å²) < 4.78 is 0. The molecule has 1 heterocycles. The highest BCUT2D eigenvalue weighted by Gasteiger charge is 2.49. The van der Waals surface area contributed by atoms with Crippen molar-refractivity contribution >= 4 is 23.5 Å². The Morgan fingerprint density at radius 1 is 1.06 bits per heavy atom. The molecule has 0 spiro atoms. The van der Waals surface area contributed by atoms with Gasteiger partial charge in [-0.2, -0.15) is 0 Å². The summed E-state index contributed by atoms with van der Waals surface area (Å²) in [6.45, 7) is 7.74. The van der Waals surface area contributed by atoms with Gasteiger partial charge in [0, 0.05) is 5.69 Å². The third-order valence-electron chi connectivity index (χ3n) is 6.02. The van der Waals surface area contributed by atoms with E-state index in [1.54, 1.807) is 6.92 Å². The van der Waals surface area contributed by atoms with E-state index in [9.17, 15) is 14.4 Å². The highest BCUT2D eigenvalue weighted by atomic mass is 16.2. The molecule has 3 rings (SSSR count). The second kappa shape index (κ2) is 9.33. The average molecular weight is 422 g/mol. The van der Waals surface area contributed by atoms with Crippen LogP contribution < -0.4 is 10.6 Å². The predicted molar refractivity (Wildman–Crippen MR) is 122 cm³/mol. The van der Waals surface area contributed by atoms with Gasteiger partial charge in [0.15, 0.2) is 0 Å². The van der Waals surface area contributed by atoms with Crippen LogP contribution in [0.25, 0.3) is 0 Å². The molecule has 4 amide bonds. The summed E-state index contributed by atoms with van der Waals surface area (Å²) in [4.78, 5) is 39.0. The van der Waals surface area contributed by atoms with Gasteiger partial charge in [0.25, 0.3) is 5.91 Å². The fraction of sp³-hybridized carbons (Fsp3) is 0.400. The Balaban J connectivity index is 1.67. The normalized spacial score (nSPS) is 19.3. The van der Waals surface area contributed by atoms with Crippen molar-refractivity contribution in [1.82, 2.24) is 10.2 Å². The van der Waals surface area contributed by atoms with Gasteiger partial charge in [-0.25, -0.2) is 4.79 Å². The first kappa shape index (κ1) is 22.5. The van der Waals surface area contributed by atoms with Crippen LogP contribution in [0.2, 0.25) is 0 Å². The summed E-state index contributed by atoms with van der Waals surface area (Å²) in [5.74, 6) is -0.394. The van der Waals surface area contributed by atoms with E-state index in [1.165, 1.54) is 11.1 Å². The molecular weight excluding hydrogens is 390 g/mol. The molecule has 164 valence electrons. The lowest BCUT2D eigenvalue weighted by molar-refractivity contribution is -0.133. The van der Waals surface area contributed by atoms with Crippen LogP contribution in [0.4, 0.5) is 10.5 Å². The predicted octanol–water partition coefficient (Wildman–Crippen LogP) is 4.56. The van der Waals surface area contributed by atoms with E-state index >= 15 is 0 Å². The van der Waals surface area contributed by atoms with Crippen molar-refractivity contribution in [1.29, 1.82) is 0 Å². The van der Waals surface area contributed by atoms with E-state index in [-0.39, 0.29) is 6.54 Å². The number of carbonyl (C=O) groups excluding carboxylic acids is 3. The van der Waals surface area contributed by atoms with Gasteiger partial charge in [0.1, 0.15) is 12.1 Å². The molecule has 31 heavy (non-hydrogen) atoms. The summed E-state index contributed by atoms with van der Waals surface area (Å²) in [6.07, 6.45) is 3.04. The van der Waals surface area contributed by atoms with Gasteiger partial charge in [0.05, 0.1) is 0 Å². The molecule has 6 heteroatoms. The molecule has 6 nitrogen and oxygen atoms in total. The van der Waals surface area contributed by atoms with Gasteiger partial charge in [-0.05, 0) is 54.5 Å². The molecule has 2 N–H and O–H groups in total. The molecule has 1 aliphatic rings. The van der Waals surface area contributed by atoms with Gasteiger partial charge >= 0.3 is 6.03 Å². The first-order valence-electron chi connectivity index (χ1n) is 10.9. The van der Waals surface area contributed by atoms with Crippen molar-refractivity contribution < 1.29 is 14.4 Å². The van der Waals surface area contributed by atoms with Crippen LogP contribution in [0.15, 0.2) is 48.5 Å². The molecule has 0 aliphatic carbocycles. The Labute approximate surface area is 184 Å². The molecule has 0 aromatic heterocycles. The Hall–Kier alpha value is -3.15. The molecule has 2 aromatic rings. The van der Waals surface area contributed by atoms with E-state index < -0.39 is 23.4 Å². The maximum absolute atomic E-state index is 13.1. The van der Waals surface area contributed by atoms with Crippen molar-refractivity contribution in [3.63, 3.8) is 0 Å². The number of rotatable bonds is 8. The minimum atomic E-state index is -1.18. The minimum absolute atomic E-state index is 0.332.